The molecule has 0 radical (unpaired) electrons. The predicted molar refractivity (Wildman–Crippen MR) is 136 cm³/mol. The van der Waals surface area contributed by atoms with Crippen LogP contribution in [0.5, 0.6) is 0 Å². The molecule has 0 atom stereocenters. The zero-order valence-electron chi connectivity index (χ0n) is 19.8. The van der Waals surface area contributed by atoms with Crippen LogP contribution in [0, 0.1) is 17.1 Å². The second kappa shape index (κ2) is 10.3. The van der Waals surface area contributed by atoms with E-state index in [1.165, 1.54) is 16.8 Å². The quantitative estimate of drug-likeness (QED) is 0.317. The summed E-state index contributed by atoms with van der Waals surface area (Å²) in [5.74, 6) is -0.355. The number of aromatic nitrogens is 5. The number of amides is 1. The van der Waals surface area contributed by atoms with Crippen molar-refractivity contribution in [3.05, 3.63) is 101 Å². The first kappa shape index (κ1) is 23.7. The number of aryl methyl sites for hydroxylation is 1. The van der Waals surface area contributed by atoms with Crippen LogP contribution in [0.2, 0.25) is 0 Å². The summed E-state index contributed by atoms with van der Waals surface area (Å²) in [6.07, 6.45) is 1.02. The first-order valence-corrected chi connectivity index (χ1v) is 11.7. The highest BCUT2D eigenvalue weighted by atomic mass is 19.1. The van der Waals surface area contributed by atoms with Crippen LogP contribution in [0.15, 0.2) is 72.8 Å². The first-order valence-electron chi connectivity index (χ1n) is 11.7. The van der Waals surface area contributed by atoms with Gasteiger partial charge in [0.05, 0.1) is 23.4 Å². The smallest absolute Gasteiger partial charge is 0.251 e. The zero-order chi connectivity index (χ0) is 25.8. The zero-order valence-corrected chi connectivity index (χ0v) is 19.8. The summed E-state index contributed by atoms with van der Waals surface area (Å²) in [6, 6.07) is 22.9. The SMILES string of the molecule is N#Cc1c(CCCNC(=O)c2ccc(Cn3nnc4ccccc43)cc2)nn(-c2ccc(F)cc2)c1N. The standard InChI is InChI=1S/C27H23FN8O/c28-20-11-13-21(14-12-20)36-26(30)22(16-29)23(33-36)5-3-15-31-27(37)19-9-7-18(8-10-19)17-35-25-6-2-1-4-24(25)32-34-35/h1-2,4,6-14H,3,5,15,17,30H2,(H,31,37). The van der Waals surface area contributed by atoms with Gasteiger partial charge in [0.2, 0.25) is 0 Å². The maximum Gasteiger partial charge on any atom is 0.251 e. The number of nitrogens with zero attached hydrogens (tertiary/aromatic N) is 6. The van der Waals surface area contributed by atoms with E-state index in [1.54, 1.807) is 24.3 Å². The van der Waals surface area contributed by atoms with Gasteiger partial charge in [-0.3, -0.25) is 4.79 Å². The maximum atomic E-state index is 13.2. The van der Waals surface area contributed by atoms with Gasteiger partial charge in [-0.15, -0.1) is 5.10 Å². The number of anilines is 1. The van der Waals surface area contributed by atoms with Gasteiger partial charge in [0, 0.05) is 12.1 Å². The van der Waals surface area contributed by atoms with Crippen molar-refractivity contribution in [2.75, 3.05) is 12.3 Å². The molecule has 5 rings (SSSR count). The second-order valence-corrected chi connectivity index (χ2v) is 8.50. The van der Waals surface area contributed by atoms with Gasteiger partial charge >= 0.3 is 0 Å². The molecule has 37 heavy (non-hydrogen) atoms. The molecule has 3 aromatic carbocycles. The molecule has 0 unspecified atom stereocenters. The molecule has 0 spiro atoms. The van der Waals surface area contributed by atoms with Crippen LogP contribution in [0.3, 0.4) is 0 Å². The largest absolute Gasteiger partial charge is 0.382 e. The summed E-state index contributed by atoms with van der Waals surface area (Å²) >= 11 is 0. The summed E-state index contributed by atoms with van der Waals surface area (Å²) in [4.78, 5) is 12.6. The normalized spacial score (nSPS) is 10.9. The molecule has 0 saturated carbocycles. The number of nitrogen functional groups attached to an aromatic ring is 1. The van der Waals surface area contributed by atoms with Crippen LogP contribution in [-0.2, 0) is 13.0 Å². The lowest BCUT2D eigenvalue weighted by atomic mass is 10.1. The number of hydrogen-bond donors (Lipinski definition) is 2. The number of carbonyl (C=O) groups is 1. The number of hydrogen-bond acceptors (Lipinski definition) is 6. The Morgan fingerprint density at radius 1 is 1.05 bits per heavy atom. The van der Waals surface area contributed by atoms with Crippen LogP contribution < -0.4 is 11.1 Å². The third-order valence-electron chi connectivity index (χ3n) is 6.02. The first-order chi connectivity index (χ1) is 18.0. The van der Waals surface area contributed by atoms with Crippen LogP contribution in [0.4, 0.5) is 10.2 Å². The Bertz CT molecular complexity index is 1600. The minimum absolute atomic E-state index is 0.186. The van der Waals surface area contributed by atoms with Gasteiger partial charge in [0.25, 0.3) is 5.91 Å². The highest BCUT2D eigenvalue weighted by Gasteiger charge is 2.16. The fourth-order valence-electron chi connectivity index (χ4n) is 4.08. The number of nitrogens with two attached hydrogens (primary N) is 1. The van der Waals surface area contributed by atoms with E-state index >= 15 is 0 Å². The number of nitriles is 1. The van der Waals surface area contributed by atoms with Crippen molar-refractivity contribution in [3.8, 4) is 11.8 Å². The molecule has 5 aromatic rings. The predicted octanol–water partition coefficient (Wildman–Crippen LogP) is 3.62. The van der Waals surface area contributed by atoms with Crippen molar-refractivity contribution >= 4 is 22.8 Å². The average Bonchev–Trinajstić information content (AvgIpc) is 3.47. The molecule has 0 aliphatic carbocycles. The highest BCUT2D eigenvalue weighted by molar-refractivity contribution is 5.94. The molecule has 10 heteroatoms. The van der Waals surface area contributed by atoms with E-state index in [2.05, 4.69) is 26.8 Å². The van der Waals surface area contributed by atoms with Crippen molar-refractivity contribution in [3.63, 3.8) is 0 Å². The topological polar surface area (TPSA) is 127 Å². The van der Waals surface area contributed by atoms with Gasteiger partial charge in [-0.25, -0.2) is 13.8 Å². The molecule has 1 amide bonds. The molecule has 0 saturated heterocycles. The molecule has 2 heterocycles. The number of carbonyl (C=O) groups excluding carboxylic acids is 1. The van der Waals surface area contributed by atoms with Gasteiger partial charge in [-0.1, -0.05) is 29.5 Å². The number of fused-ring (bicyclic) bond motifs is 1. The Balaban J connectivity index is 1.16. The molecule has 184 valence electrons. The molecule has 0 fully saturated rings. The minimum Gasteiger partial charge on any atom is -0.382 e. The Morgan fingerprint density at radius 2 is 1.81 bits per heavy atom. The fourth-order valence-corrected chi connectivity index (χ4v) is 4.08. The van der Waals surface area contributed by atoms with E-state index in [1.807, 2.05) is 41.1 Å². The summed E-state index contributed by atoms with van der Waals surface area (Å²) in [6.45, 7) is 0.955. The van der Waals surface area contributed by atoms with Gasteiger partial charge in [0.15, 0.2) is 0 Å². The molecule has 0 bridgehead atoms. The van der Waals surface area contributed by atoms with E-state index in [-0.39, 0.29) is 23.1 Å². The van der Waals surface area contributed by atoms with Crippen molar-refractivity contribution in [2.45, 2.75) is 19.4 Å². The van der Waals surface area contributed by atoms with Crippen molar-refractivity contribution in [1.29, 1.82) is 5.26 Å². The summed E-state index contributed by atoms with van der Waals surface area (Å²) in [5, 5.41) is 25.2. The molecule has 0 aliphatic heterocycles. The lowest BCUT2D eigenvalue weighted by molar-refractivity contribution is 0.0953. The second-order valence-electron chi connectivity index (χ2n) is 8.50. The van der Waals surface area contributed by atoms with E-state index in [4.69, 9.17) is 5.73 Å². The molecule has 9 nitrogen and oxygen atoms in total. The number of halogens is 1. The lowest BCUT2D eigenvalue weighted by Gasteiger charge is -2.07. The van der Waals surface area contributed by atoms with Crippen LogP contribution in [0.1, 0.15) is 33.6 Å². The van der Waals surface area contributed by atoms with Crippen molar-refractivity contribution < 1.29 is 9.18 Å². The van der Waals surface area contributed by atoms with E-state index < -0.39 is 0 Å². The van der Waals surface area contributed by atoms with Crippen LogP contribution in [-0.4, -0.2) is 37.2 Å². The lowest BCUT2D eigenvalue weighted by Crippen LogP contribution is -2.24. The molecule has 2 aromatic heterocycles. The van der Waals surface area contributed by atoms with E-state index in [0.717, 1.165) is 16.6 Å². The summed E-state index contributed by atoms with van der Waals surface area (Å²) in [5.41, 5.74) is 10.8. The van der Waals surface area contributed by atoms with E-state index in [0.29, 0.717) is 42.9 Å². The maximum absolute atomic E-state index is 13.2. The van der Waals surface area contributed by atoms with Crippen LogP contribution >= 0.6 is 0 Å². The molecule has 3 N–H and O–H groups in total. The monoisotopic (exact) mass is 494 g/mol. The number of rotatable bonds is 8. The number of para-hydroxylation sites is 1. The summed E-state index contributed by atoms with van der Waals surface area (Å²) in [7, 11) is 0. The van der Waals surface area contributed by atoms with Gasteiger partial charge in [-0.2, -0.15) is 10.4 Å². The Labute approximate surface area is 211 Å². The number of nitrogens with one attached hydrogen (secondary N) is 1. The summed E-state index contributed by atoms with van der Waals surface area (Å²) < 4.78 is 16.5. The minimum atomic E-state index is -0.371. The highest BCUT2D eigenvalue weighted by Crippen LogP contribution is 2.22. The van der Waals surface area contributed by atoms with Crippen molar-refractivity contribution in [2.24, 2.45) is 0 Å². The molecular formula is C27H23FN8O. The van der Waals surface area contributed by atoms with Crippen LogP contribution in [0.25, 0.3) is 16.7 Å². The molecule has 0 aliphatic rings. The van der Waals surface area contributed by atoms with E-state index in [9.17, 15) is 14.4 Å². The number of benzene rings is 3. The Kier molecular flexibility index (Phi) is 6.59. The average molecular weight is 495 g/mol. The van der Waals surface area contributed by atoms with Gasteiger partial charge < -0.3 is 11.1 Å². The Hall–Kier alpha value is -5.04. The van der Waals surface area contributed by atoms with Gasteiger partial charge in [-0.05, 0) is 66.9 Å². The fraction of sp³-hybridized carbons (Fsp3) is 0.148. The Morgan fingerprint density at radius 3 is 2.57 bits per heavy atom. The third-order valence-corrected chi connectivity index (χ3v) is 6.02. The third kappa shape index (κ3) is 5.01. The van der Waals surface area contributed by atoms with Gasteiger partial charge in [0.1, 0.15) is 28.8 Å². The molecular weight excluding hydrogens is 471 g/mol. The van der Waals surface area contributed by atoms with Crippen molar-refractivity contribution in [1.82, 2.24) is 30.1 Å².